The molecule has 2 rings (SSSR count). The minimum absolute atomic E-state index is 0.0920. The third-order valence-corrected chi connectivity index (χ3v) is 10.3. The highest BCUT2D eigenvalue weighted by Gasteiger charge is 2.39. The van der Waals surface area contributed by atoms with Crippen molar-refractivity contribution >= 4 is 20.1 Å². The van der Waals surface area contributed by atoms with Gasteiger partial charge in [-0.15, -0.1) is 0 Å². The molecule has 0 aromatic heterocycles. The topological polar surface area (TPSA) is 85.0 Å². The van der Waals surface area contributed by atoms with E-state index in [1.807, 2.05) is 24.3 Å². The number of anilines is 1. The average Bonchev–Trinajstić information content (AvgIpc) is 2.58. The zero-order valence-electron chi connectivity index (χ0n) is 17.2. The molecule has 1 aromatic carbocycles. The van der Waals surface area contributed by atoms with Crippen LogP contribution in [-0.4, -0.2) is 56.3 Å². The molecule has 0 saturated carbocycles. The molecule has 7 heteroatoms. The minimum Gasteiger partial charge on any atom is -0.465 e. The largest absolute Gasteiger partial charge is 0.465 e. The molecule has 0 aliphatic carbocycles. The molecule has 0 bridgehead atoms. The van der Waals surface area contributed by atoms with Gasteiger partial charge < -0.3 is 20.0 Å². The smallest absolute Gasteiger partial charge is 0.407 e. The molecular weight excluding hydrogens is 360 g/mol. The van der Waals surface area contributed by atoms with Crippen LogP contribution in [0.5, 0.6) is 0 Å². The predicted octanol–water partition coefficient (Wildman–Crippen LogP) is 3.97. The lowest BCUT2D eigenvalue weighted by atomic mass is 10.0. The molecule has 1 saturated heterocycles. The summed E-state index contributed by atoms with van der Waals surface area (Å²) in [6, 6.07) is 7.51. The Hall–Kier alpha value is -1.57. The molecule has 3 N–H and O–H groups in total. The second-order valence-corrected chi connectivity index (χ2v) is 13.7. The van der Waals surface area contributed by atoms with Crippen molar-refractivity contribution in [3.05, 3.63) is 29.8 Å². The lowest BCUT2D eigenvalue weighted by molar-refractivity contribution is -0.0671. The van der Waals surface area contributed by atoms with Crippen molar-refractivity contribution in [2.24, 2.45) is 0 Å². The summed E-state index contributed by atoms with van der Waals surface area (Å²) >= 11 is 0. The van der Waals surface area contributed by atoms with E-state index in [4.69, 9.17) is 14.9 Å². The van der Waals surface area contributed by atoms with Gasteiger partial charge in [0.05, 0.1) is 31.9 Å². The number of amides is 1. The number of nitrogen functional groups attached to an aromatic ring is 1. The Kier molecular flexibility index (Phi) is 6.94. The number of para-hydroxylation sites is 1. The Labute approximate surface area is 163 Å². The minimum atomic E-state index is -1.92. The van der Waals surface area contributed by atoms with Crippen molar-refractivity contribution in [2.45, 2.75) is 63.9 Å². The fraction of sp³-hybridized carbons (Fsp3) is 0.650. The van der Waals surface area contributed by atoms with E-state index in [9.17, 15) is 9.90 Å². The first-order chi connectivity index (χ1) is 12.5. The average molecular weight is 395 g/mol. The summed E-state index contributed by atoms with van der Waals surface area (Å²) in [5.41, 5.74) is 7.83. The number of nitrogens with two attached hydrogens (primary N) is 1. The van der Waals surface area contributed by atoms with Crippen LogP contribution in [0.25, 0.3) is 0 Å². The van der Waals surface area contributed by atoms with Crippen LogP contribution in [0.2, 0.25) is 18.1 Å². The number of nitrogens with zero attached hydrogens (tertiary/aromatic N) is 1. The zero-order valence-corrected chi connectivity index (χ0v) is 18.2. The number of morpholine rings is 1. The van der Waals surface area contributed by atoms with Crippen molar-refractivity contribution in [3.8, 4) is 0 Å². The van der Waals surface area contributed by atoms with Crippen LogP contribution in [0.4, 0.5) is 10.5 Å². The first kappa shape index (κ1) is 21.7. The van der Waals surface area contributed by atoms with Crippen LogP contribution in [-0.2, 0) is 15.6 Å². The van der Waals surface area contributed by atoms with Gasteiger partial charge in [0.2, 0.25) is 0 Å². The van der Waals surface area contributed by atoms with E-state index in [-0.39, 0.29) is 17.2 Å². The van der Waals surface area contributed by atoms with Gasteiger partial charge in [-0.2, -0.15) is 0 Å². The summed E-state index contributed by atoms with van der Waals surface area (Å²) in [5, 5.41) is 9.74. The molecule has 2 atom stereocenters. The fourth-order valence-corrected chi connectivity index (χ4v) is 3.95. The monoisotopic (exact) mass is 394 g/mol. The third-order valence-electron chi connectivity index (χ3n) is 5.84. The molecule has 1 aromatic rings. The van der Waals surface area contributed by atoms with Crippen molar-refractivity contribution < 1.29 is 19.1 Å². The van der Waals surface area contributed by atoms with Crippen molar-refractivity contribution in [2.75, 3.05) is 25.5 Å². The maximum atomic E-state index is 11.8. The molecule has 1 aliphatic rings. The van der Waals surface area contributed by atoms with Crippen LogP contribution in [0, 0.1) is 0 Å². The van der Waals surface area contributed by atoms with Gasteiger partial charge in [0.1, 0.15) is 0 Å². The molecule has 0 radical (unpaired) electrons. The molecule has 1 fully saturated rings. The van der Waals surface area contributed by atoms with Gasteiger partial charge in [-0.3, -0.25) is 4.90 Å². The van der Waals surface area contributed by atoms with Crippen molar-refractivity contribution in [1.29, 1.82) is 0 Å². The number of benzene rings is 1. The summed E-state index contributed by atoms with van der Waals surface area (Å²) in [6.07, 6.45) is 0.486. The maximum absolute atomic E-state index is 11.8. The van der Waals surface area contributed by atoms with Crippen LogP contribution in [0.3, 0.4) is 0 Å². The molecule has 1 heterocycles. The standard InChI is InChI=1S/C20H34N2O4Si/c1-20(2,3)27(4,5)26-14-16-13-25-17(12-22(16)19(23)24)11-10-15-8-6-7-9-18(15)21/h6-9,16-17H,10-14,21H2,1-5H3,(H,23,24)/t16-,17+/m0/s1. The molecule has 0 spiro atoms. The summed E-state index contributed by atoms with van der Waals surface area (Å²) in [4.78, 5) is 13.2. The van der Waals surface area contributed by atoms with Gasteiger partial charge in [-0.05, 0) is 42.6 Å². The Morgan fingerprint density at radius 2 is 2.04 bits per heavy atom. The Bertz CT molecular complexity index is 645. The van der Waals surface area contributed by atoms with Crippen molar-refractivity contribution in [1.82, 2.24) is 4.90 Å². The molecule has 27 heavy (non-hydrogen) atoms. The Morgan fingerprint density at radius 3 is 2.63 bits per heavy atom. The predicted molar refractivity (Wildman–Crippen MR) is 111 cm³/mol. The van der Waals surface area contributed by atoms with Crippen LogP contribution >= 0.6 is 0 Å². The number of aryl methyl sites for hydroxylation is 1. The maximum Gasteiger partial charge on any atom is 0.407 e. The van der Waals surface area contributed by atoms with Crippen LogP contribution < -0.4 is 5.73 Å². The van der Waals surface area contributed by atoms with Gasteiger partial charge in [0, 0.05) is 5.69 Å². The van der Waals surface area contributed by atoms with Gasteiger partial charge in [-0.25, -0.2) is 4.79 Å². The van der Waals surface area contributed by atoms with Crippen LogP contribution in [0.15, 0.2) is 24.3 Å². The highest BCUT2D eigenvalue weighted by Crippen LogP contribution is 2.36. The first-order valence-electron chi connectivity index (χ1n) is 9.60. The third kappa shape index (κ3) is 5.70. The second kappa shape index (κ2) is 8.62. The lowest BCUT2D eigenvalue weighted by Crippen LogP contribution is -2.55. The molecule has 0 unspecified atom stereocenters. The van der Waals surface area contributed by atoms with E-state index in [0.29, 0.717) is 19.8 Å². The molecule has 1 amide bonds. The zero-order chi connectivity index (χ0) is 20.2. The molecule has 6 nitrogen and oxygen atoms in total. The Balaban J connectivity index is 1.93. The second-order valence-electron chi connectivity index (χ2n) is 8.85. The summed E-state index contributed by atoms with van der Waals surface area (Å²) in [5.74, 6) is 0. The number of carboxylic acid groups (broad SMARTS) is 1. The highest BCUT2D eigenvalue weighted by molar-refractivity contribution is 6.74. The molecule has 152 valence electrons. The Morgan fingerprint density at radius 1 is 1.37 bits per heavy atom. The molecular formula is C20H34N2O4Si. The number of rotatable bonds is 6. The normalized spacial score (nSPS) is 21.3. The SMILES string of the molecule is CC(C)(C)[Si](C)(C)OC[C@@H]1CO[C@H](CCc2ccccc2N)CN1C(=O)O. The van der Waals surface area contributed by atoms with Gasteiger partial charge >= 0.3 is 6.09 Å². The van der Waals surface area contributed by atoms with E-state index >= 15 is 0 Å². The van der Waals surface area contributed by atoms with Crippen molar-refractivity contribution in [3.63, 3.8) is 0 Å². The quantitative estimate of drug-likeness (QED) is 0.563. The first-order valence-corrected chi connectivity index (χ1v) is 12.5. The molecule has 1 aliphatic heterocycles. The van der Waals surface area contributed by atoms with Gasteiger partial charge in [0.15, 0.2) is 8.32 Å². The number of carbonyl (C=O) groups is 1. The number of ether oxygens (including phenoxy) is 1. The highest BCUT2D eigenvalue weighted by atomic mass is 28.4. The van der Waals surface area contributed by atoms with E-state index in [0.717, 1.165) is 24.1 Å². The van der Waals surface area contributed by atoms with Crippen LogP contribution in [0.1, 0.15) is 32.8 Å². The van der Waals surface area contributed by atoms with E-state index < -0.39 is 14.4 Å². The van der Waals surface area contributed by atoms with Gasteiger partial charge in [0.25, 0.3) is 0 Å². The van der Waals surface area contributed by atoms with E-state index in [2.05, 4.69) is 33.9 Å². The van der Waals surface area contributed by atoms with Gasteiger partial charge in [-0.1, -0.05) is 39.0 Å². The summed E-state index contributed by atoms with van der Waals surface area (Å²) in [7, 11) is -1.92. The summed E-state index contributed by atoms with van der Waals surface area (Å²) in [6.45, 7) is 12.0. The summed E-state index contributed by atoms with van der Waals surface area (Å²) < 4.78 is 12.2. The van der Waals surface area contributed by atoms with E-state index in [1.54, 1.807) is 0 Å². The number of hydrogen-bond acceptors (Lipinski definition) is 4. The lowest BCUT2D eigenvalue weighted by Gasteiger charge is -2.41. The van der Waals surface area contributed by atoms with E-state index in [1.165, 1.54) is 4.90 Å². The number of hydrogen-bond donors (Lipinski definition) is 2. The fourth-order valence-electron chi connectivity index (χ4n) is 2.90.